The van der Waals surface area contributed by atoms with Gasteiger partial charge in [0, 0.05) is 18.8 Å². The maximum Gasteiger partial charge on any atom is 0.472 e. The SMILES string of the molecule is CCCCC/C=C\C/C=C\C/C=C\C/C=C\CCCCCC(=O)OC[C@@H]1COP(=O)(O)O[C@H]2[C@H](O)[C@@H](O)[C@H](O)[C@H](/C=C\C(=O)[C@H](/C=C/[C@@H](O)CCCCC)[C@@H](O)[C@H]2O)C/C=C\CCCC(=O)O1. The number of ether oxygens (including phenoxy) is 2. The van der Waals surface area contributed by atoms with Gasteiger partial charge in [0.25, 0.3) is 0 Å². The molecule has 0 aromatic carbocycles. The molecule has 0 amide bonds. The zero-order valence-electron chi connectivity index (χ0n) is 39.8. The second-order valence-electron chi connectivity index (χ2n) is 17.3. The molecule has 15 nitrogen and oxygen atoms in total. The molecule has 0 aromatic heterocycles. The number of phosphoric ester groups is 1. The van der Waals surface area contributed by atoms with Crippen molar-refractivity contribution in [2.24, 2.45) is 11.8 Å². The molecule has 67 heavy (non-hydrogen) atoms. The Bertz CT molecular complexity index is 1650. The van der Waals surface area contributed by atoms with E-state index >= 15 is 0 Å². The van der Waals surface area contributed by atoms with E-state index in [9.17, 15) is 54.5 Å². The Labute approximate surface area is 398 Å². The van der Waals surface area contributed by atoms with Gasteiger partial charge in [0.1, 0.15) is 31.0 Å². The standard InChI is InChI=1S/C51H81O15P/c1-3-5-7-8-9-10-11-12-13-14-15-16-17-18-19-20-21-22-27-31-44(54)63-37-41-38-64-67(61,62)66-51-49(59)47(57)42(35-34-40(52)30-25-6-4-2)43(53)36-33-39(46(56)48(58)50(51)60)29-26-23-24-28-32-45(55)65-41/h9-10,12-13,15-16,18-19,23,26,33-36,39-42,46-52,56-60H,3-8,11,14,17,20-22,24-25,27-32,37-38H2,1-2H3,(H,61,62)/b10-9-,13-12-,16-15-,19-18-,26-23-,35-34+,36-33-/t39-,40-,41+,42-,46+,47+,48-,49+,50+,51+/m0/s1. The number of ketones is 1. The maximum absolute atomic E-state index is 13.5. The summed E-state index contributed by atoms with van der Waals surface area (Å²) in [6, 6.07) is 0. The molecule has 1 heterocycles. The van der Waals surface area contributed by atoms with Crippen LogP contribution in [-0.4, -0.2) is 115 Å². The fourth-order valence-electron chi connectivity index (χ4n) is 7.35. The van der Waals surface area contributed by atoms with Crippen molar-refractivity contribution in [3.05, 3.63) is 85.1 Å². The van der Waals surface area contributed by atoms with Crippen LogP contribution in [0.3, 0.4) is 0 Å². The van der Waals surface area contributed by atoms with Crippen LogP contribution in [0, 0.1) is 11.8 Å². The highest BCUT2D eigenvalue weighted by Gasteiger charge is 2.47. The van der Waals surface area contributed by atoms with Gasteiger partial charge >= 0.3 is 19.8 Å². The fraction of sp³-hybridized carbons (Fsp3) is 0.667. The monoisotopic (exact) mass is 965 g/mol. The highest BCUT2D eigenvalue weighted by molar-refractivity contribution is 7.47. The van der Waals surface area contributed by atoms with E-state index in [1.165, 1.54) is 37.5 Å². The van der Waals surface area contributed by atoms with Gasteiger partial charge in [-0.15, -0.1) is 0 Å². The lowest BCUT2D eigenvalue weighted by Crippen LogP contribution is -2.55. The van der Waals surface area contributed by atoms with Gasteiger partial charge in [-0.3, -0.25) is 23.4 Å². The topological polar surface area (TPSA) is 247 Å². The first-order valence-electron chi connectivity index (χ1n) is 24.4. The summed E-state index contributed by atoms with van der Waals surface area (Å²) >= 11 is 0. The first-order chi connectivity index (χ1) is 32.2. The molecule has 1 unspecified atom stereocenters. The van der Waals surface area contributed by atoms with E-state index in [0.29, 0.717) is 32.1 Å². The molecule has 2 rings (SSSR count). The van der Waals surface area contributed by atoms with Gasteiger partial charge in [0.2, 0.25) is 0 Å². The van der Waals surface area contributed by atoms with Gasteiger partial charge in [0.05, 0.1) is 30.8 Å². The van der Waals surface area contributed by atoms with Gasteiger partial charge < -0.3 is 45.0 Å². The van der Waals surface area contributed by atoms with Crippen molar-refractivity contribution in [2.75, 3.05) is 13.2 Å². The molecule has 380 valence electrons. The fourth-order valence-corrected chi connectivity index (χ4v) is 8.33. The largest absolute Gasteiger partial charge is 0.472 e. The molecular weight excluding hydrogens is 884 g/mol. The molecule has 1 aliphatic carbocycles. The summed E-state index contributed by atoms with van der Waals surface area (Å²) in [7, 11) is -5.43. The van der Waals surface area contributed by atoms with E-state index in [1.54, 1.807) is 12.2 Å². The van der Waals surface area contributed by atoms with E-state index in [-0.39, 0.29) is 19.3 Å². The summed E-state index contributed by atoms with van der Waals surface area (Å²) in [6.45, 7) is 2.80. The number of rotatable bonds is 24. The predicted octanol–water partition coefficient (Wildman–Crippen LogP) is 7.67. The molecule has 0 radical (unpaired) electrons. The molecule has 1 aliphatic heterocycles. The molecule has 0 fully saturated rings. The number of fused-ring (bicyclic) bond motifs is 4. The third-order valence-corrected chi connectivity index (χ3v) is 12.4. The zero-order valence-corrected chi connectivity index (χ0v) is 40.7. The zero-order chi connectivity index (χ0) is 49.3. The number of phosphoric acid groups is 1. The van der Waals surface area contributed by atoms with Crippen molar-refractivity contribution in [1.29, 1.82) is 0 Å². The number of esters is 2. The lowest BCUT2D eigenvalue weighted by atomic mass is 9.87. The molecule has 7 N–H and O–H groups in total. The highest BCUT2D eigenvalue weighted by atomic mass is 31.2. The lowest BCUT2D eigenvalue weighted by molar-refractivity contribution is -0.164. The molecule has 0 saturated carbocycles. The molecule has 2 bridgehead atoms. The molecular formula is C51H81O15P. The number of carbonyl (C=O) groups is 3. The van der Waals surface area contributed by atoms with Crippen molar-refractivity contribution >= 4 is 25.5 Å². The second-order valence-corrected chi connectivity index (χ2v) is 18.7. The van der Waals surface area contributed by atoms with Crippen LogP contribution in [0.15, 0.2) is 85.1 Å². The van der Waals surface area contributed by atoms with Crippen LogP contribution in [0.2, 0.25) is 0 Å². The number of cyclic esters (lactones) is 1. The summed E-state index contributed by atoms with van der Waals surface area (Å²) in [5.74, 6) is -4.69. The molecule has 0 saturated heterocycles. The van der Waals surface area contributed by atoms with Crippen molar-refractivity contribution in [3.8, 4) is 0 Å². The Kier molecular flexibility index (Phi) is 31.9. The molecule has 11 atom stereocenters. The normalized spacial score (nSPS) is 30.3. The van der Waals surface area contributed by atoms with Crippen molar-refractivity contribution in [2.45, 2.75) is 191 Å². The first-order valence-corrected chi connectivity index (χ1v) is 25.9. The number of carbonyl (C=O) groups excluding carboxylic acids is 3. The van der Waals surface area contributed by atoms with Crippen LogP contribution in [-0.2, 0) is 37.5 Å². The smallest absolute Gasteiger partial charge is 0.462 e. The molecule has 2 aliphatic rings. The van der Waals surface area contributed by atoms with Crippen LogP contribution >= 0.6 is 7.82 Å². The van der Waals surface area contributed by atoms with Gasteiger partial charge in [-0.25, -0.2) is 4.57 Å². The average Bonchev–Trinajstić information content (AvgIpc) is 3.30. The van der Waals surface area contributed by atoms with E-state index < -0.39 is 99.4 Å². The minimum atomic E-state index is -5.43. The van der Waals surface area contributed by atoms with Crippen LogP contribution < -0.4 is 0 Å². The number of aliphatic hydroxyl groups is 6. The Morgan fingerprint density at radius 2 is 1.40 bits per heavy atom. The summed E-state index contributed by atoms with van der Waals surface area (Å²) in [4.78, 5) is 49.9. The van der Waals surface area contributed by atoms with Crippen LogP contribution in [0.4, 0.5) is 0 Å². The maximum atomic E-state index is 13.5. The van der Waals surface area contributed by atoms with E-state index in [0.717, 1.165) is 63.9 Å². The summed E-state index contributed by atoms with van der Waals surface area (Å²) in [6.07, 6.45) is 24.0. The summed E-state index contributed by atoms with van der Waals surface area (Å²) in [5, 5.41) is 66.9. The first kappa shape index (κ1) is 59.8. The van der Waals surface area contributed by atoms with Crippen LogP contribution in [0.1, 0.15) is 142 Å². The quantitative estimate of drug-likeness (QED) is 0.0212. The number of hydrogen-bond acceptors (Lipinski definition) is 14. The molecule has 16 heteroatoms. The Morgan fingerprint density at radius 3 is 2.06 bits per heavy atom. The summed E-state index contributed by atoms with van der Waals surface area (Å²) < 4.78 is 34.6. The minimum absolute atomic E-state index is 0.0207. The van der Waals surface area contributed by atoms with Crippen molar-refractivity contribution in [3.63, 3.8) is 0 Å². The Hall–Kier alpha value is -3.34. The van der Waals surface area contributed by atoms with Gasteiger partial charge in [-0.1, -0.05) is 131 Å². The predicted molar refractivity (Wildman–Crippen MR) is 257 cm³/mol. The van der Waals surface area contributed by atoms with Crippen molar-refractivity contribution in [1.82, 2.24) is 0 Å². The Morgan fingerprint density at radius 1 is 0.791 bits per heavy atom. The van der Waals surface area contributed by atoms with Crippen molar-refractivity contribution < 1.29 is 73.0 Å². The van der Waals surface area contributed by atoms with E-state index in [2.05, 4.69) is 55.5 Å². The molecule has 0 spiro atoms. The number of aliphatic hydroxyl groups excluding tert-OH is 6. The van der Waals surface area contributed by atoms with E-state index in [1.807, 2.05) is 6.92 Å². The minimum Gasteiger partial charge on any atom is -0.462 e. The van der Waals surface area contributed by atoms with Gasteiger partial charge in [-0.05, 0) is 83.1 Å². The lowest BCUT2D eigenvalue weighted by Gasteiger charge is -2.36. The van der Waals surface area contributed by atoms with E-state index in [4.69, 9.17) is 18.5 Å². The highest BCUT2D eigenvalue weighted by Crippen LogP contribution is 2.47. The summed E-state index contributed by atoms with van der Waals surface area (Å²) in [5.41, 5.74) is 0. The van der Waals surface area contributed by atoms with Gasteiger partial charge in [-0.2, -0.15) is 0 Å². The van der Waals surface area contributed by atoms with Crippen LogP contribution in [0.25, 0.3) is 0 Å². The number of allylic oxidation sites excluding steroid dienone is 11. The third-order valence-electron chi connectivity index (χ3n) is 11.5. The molecule has 0 aromatic rings. The average molecular weight is 965 g/mol. The van der Waals surface area contributed by atoms with Gasteiger partial charge in [0.15, 0.2) is 11.9 Å². The number of hydrogen-bond donors (Lipinski definition) is 7. The Balaban J connectivity index is 2.06. The van der Waals surface area contributed by atoms with Crippen LogP contribution in [0.5, 0.6) is 0 Å². The third kappa shape index (κ3) is 26.3. The second kappa shape index (κ2) is 35.7. The number of unbranched alkanes of at least 4 members (excludes halogenated alkanes) is 8.